The number of fused-ring (bicyclic) bond motifs is 1. The number of nitrogens with one attached hydrogen (secondary N) is 2. The minimum atomic E-state index is -0.200. The van der Waals surface area contributed by atoms with E-state index in [4.69, 9.17) is 11.6 Å². The van der Waals surface area contributed by atoms with E-state index >= 15 is 0 Å². The molecule has 2 aliphatic carbocycles. The number of hydrogen-bond donors (Lipinski definition) is 2. The lowest BCUT2D eigenvalue weighted by Gasteiger charge is -2.11. The van der Waals surface area contributed by atoms with Gasteiger partial charge in [-0.05, 0) is 64.8 Å². The van der Waals surface area contributed by atoms with Gasteiger partial charge in [0.1, 0.15) is 23.3 Å². The molecule has 2 atom stereocenters. The molecule has 0 aliphatic heterocycles. The lowest BCUT2D eigenvalue weighted by atomic mass is 10.1. The standard InChI is InChI=1S/C26H23ClN10O/c27-23-24(28-10-17-12-36-11-16(15-5-6-15)7-8-22(36)32-17)29-13-30-25(23)33-26(38)20-9-19(20)18-3-1-2-4-21(18)37-14-31-34-35-37/h1-4,7-8,11-15,19-20H,5-6,9-10H2,(H2,28,29,30,33,38). The second kappa shape index (κ2) is 9.18. The number of pyridine rings is 1. The predicted octanol–water partition coefficient (Wildman–Crippen LogP) is 3.99. The molecule has 2 saturated carbocycles. The monoisotopic (exact) mass is 526 g/mol. The molecule has 2 fully saturated rings. The first-order valence-electron chi connectivity index (χ1n) is 12.5. The highest BCUT2D eigenvalue weighted by atomic mass is 35.5. The number of aromatic nitrogens is 8. The van der Waals surface area contributed by atoms with E-state index in [1.54, 1.807) is 11.0 Å². The van der Waals surface area contributed by atoms with Crippen LogP contribution in [0, 0.1) is 5.92 Å². The van der Waals surface area contributed by atoms with Crippen molar-refractivity contribution in [2.24, 2.45) is 5.92 Å². The van der Waals surface area contributed by atoms with Gasteiger partial charge in [-0.1, -0.05) is 35.9 Å². The van der Waals surface area contributed by atoms with E-state index in [9.17, 15) is 4.79 Å². The Morgan fingerprint density at radius 2 is 1.95 bits per heavy atom. The van der Waals surface area contributed by atoms with Crippen molar-refractivity contribution in [2.75, 3.05) is 10.6 Å². The van der Waals surface area contributed by atoms with Crippen molar-refractivity contribution in [3.05, 3.63) is 83.3 Å². The van der Waals surface area contributed by atoms with Gasteiger partial charge in [0.2, 0.25) is 5.91 Å². The first-order chi connectivity index (χ1) is 18.6. The van der Waals surface area contributed by atoms with E-state index in [1.807, 2.05) is 30.5 Å². The number of hydrogen-bond acceptors (Lipinski definition) is 8. The van der Waals surface area contributed by atoms with E-state index in [0.29, 0.717) is 18.3 Å². The summed E-state index contributed by atoms with van der Waals surface area (Å²) in [6.07, 6.45) is 10.3. The van der Waals surface area contributed by atoms with Crippen LogP contribution in [0.5, 0.6) is 0 Å². The molecular formula is C26H23ClN10O. The zero-order chi connectivity index (χ0) is 25.6. The Labute approximate surface area is 222 Å². The van der Waals surface area contributed by atoms with Crippen molar-refractivity contribution in [1.29, 1.82) is 0 Å². The number of benzene rings is 1. The zero-order valence-electron chi connectivity index (χ0n) is 20.2. The second-order valence-corrected chi connectivity index (χ2v) is 10.1. The maximum atomic E-state index is 13.1. The molecule has 2 unspecified atom stereocenters. The van der Waals surface area contributed by atoms with Crippen LogP contribution in [0.4, 0.5) is 11.6 Å². The number of nitrogens with zero attached hydrogens (tertiary/aromatic N) is 8. The molecule has 0 spiro atoms. The molecule has 5 aromatic rings. The van der Waals surface area contributed by atoms with E-state index in [-0.39, 0.29) is 28.6 Å². The lowest BCUT2D eigenvalue weighted by Crippen LogP contribution is -2.17. The van der Waals surface area contributed by atoms with Crippen LogP contribution in [0.3, 0.4) is 0 Å². The fourth-order valence-electron chi connectivity index (χ4n) is 4.88. The smallest absolute Gasteiger partial charge is 0.229 e. The summed E-state index contributed by atoms with van der Waals surface area (Å²) in [4.78, 5) is 26.2. The van der Waals surface area contributed by atoms with E-state index in [0.717, 1.165) is 29.0 Å². The average molecular weight is 527 g/mol. The van der Waals surface area contributed by atoms with Crippen LogP contribution >= 0.6 is 11.6 Å². The van der Waals surface area contributed by atoms with Gasteiger partial charge in [-0.15, -0.1) is 5.10 Å². The zero-order valence-corrected chi connectivity index (χ0v) is 21.0. The van der Waals surface area contributed by atoms with Crippen LogP contribution in [0.1, 0.15) is 47.9 Å². The van der Waals surface area contributed by atoms with Crippen LogP contribution in [0.25, 0.3) is 11.3 Å². The maximum Gasteiger partial charge on any atom is 0.229 e. The molecule has 0 bridgehead atoms. The summed E-state index contributed by atoms with van der Waals surface area (Å²) in [5.74, 6) is 1.11. The van der Waals surface area contributed by atoms with Gasteiger partial charge in [-0.2, -0.15) is 0 Å². The quantitative estimate of drug-likeness (QED) is 0.311. The Balaban J connectivity index is 1.02. The maximum absolute atomic E-state index is 13.1. The Morgan fingerprint density at radius 1 is 1.08 bits per heavy atom. The number of tetrazole rings is 1. The summed E-state index contributed by atoms with van der Waals surface area (Å²) in [5.41, 5.74) is 4.99. The van der Waals surface area contributed by atoms with E-state index in [1.165, 1.54) is 24.7 Å². The minimum Gasteiger partial charge on any atom is -0.363 e. The molecule has 2 N–H and O–H groups in total. The van der Waals surface area contributed by atoms with Gasteiger partial charge < -0.3 is 15.0 Å². The predicted molar refractivity (Wildman–Crippen MR) is 140 cm³/mol. The first-order valence-corrected chi connectivity index (χ1v) is 12.9. The number of para-hydroxylation sites is 1. The topological polar surface area (TPSA) is 128 Å². The number of rotatable bonds is 8. The lowest BCUT2D eigenvalue weighted by molar-refractivity contribution is -0.117. The Morgan fingerprint density at radius 3 is 2.79 bits per heavy atom. The largest absolute Gasteiger partial charge is 0.363 e. The Hall–Kier alpha value is -4.38. The van der Waals surface area contributed by atoms with Crippen LogP contribution in [-0.2, 0) is 11.3 Å². The Bertz CT molecular complexity index is 1650. The van der Waals surface area contributed by atoms with Crippen molar-refractivity contribution in [1.82, 2.24) is 39.6 Å². The van der Waals surface area contributed by atoms with E-state index < -0.39 is 0 Å². The van der Waals surface area contributed by atoms with Crippen LogP contribution in [0.2, 0.25) is 5.02 Å². The van der Waals surface area contributed by atoms with Crippen molar-refractivity contribution in [3.63, 3.8) is 0 Å². The molecule has 0 saturated heterocycles. The molecule has 1 amide bonds. The van der Waals surface area contributed by atoms with Crippen molar-refractivity contribution in [3.8, 4) is 5.69 Å². The molecule has 190 valence electrons. The number of carbonyl (C=O) groups is 1. The van der Waals surface area contributed by atoms with Crippen LogP contribution < -0.4 is 10.6 Å². The molecule has 2 aliphatic rings. The highest BCUT2D eigenvalue weighted by molar-refractivity contribution is 6.35. The summed E-state index contributed by atoms with van der Waals surface area (Å²) in [6.45, 7) is 0.434. The normalized spacial score (nSPS) is 18.4. The minimum absolute atomic E-state index is 0.0593. The van der Waals surface area contributed by atoms with Gasteiger partial charge in [0, 0.05) is 18.3 Å². The fourth-order valence-corrected chi connectivity index (χ4v) is 5.09. The fraction of sp³-hybridized carbons (Fsp3) is 0.269. The van der Waals surface area contributed by atoms with Gasteiger partial charge >= 0.3 is 0 Å². The average Bonchev–Trinajstić information content (AvgIpc) is 3.84. The summed E-state index contributed by atoms with van der Waals surface area (Å²) < 4.78 is 3.67. The van der Waals surface area contributed by atoms with Gasteiger partial charge in [0.15, 0.2) is 11.6 Å². The van der Waals surface area contributed by atoms with Crippen molar-refractivity contribution < 1.29 is 4.79 Å². The third-order valence-electron chi connectivity index (χ3n) is 7.10. The molecule has 1 aromatic carbocycles. The van der Waals surface area contributed by atoms with Gasteiger partial charge in [-0.3, -0.25) is 4.79 Å². The number of halogens is 1. The SMILES string of the molecule is O=C(Nc1ncnc(NCc2cn3cc(C4CC4)ccc3n2)c1Cl)C1CC1c1ccccc1-n1cnnn1. The molecule has 7 rings (SSSR count). The summed E-state index contributed by atoms with van der Waals surface area (Å²) in [5, 5.41) is 17.8. The molecular weight excluding hydrogens is 504 g/mol. The molecule has 11 nitrogen and oxygen atoms in total. The molecule has 4 aromatic heterocycles. The highest BCUT2D eigenvalue weighted by Crippen LogP contribution is 2.49. The van der Waals surface area contributed by atoms with E-state index in [2.05, 4.69) is 63.8 Å². The number of amides is 1. The summed E-state index contributed by atoms with van der Waals surface area (Å²) in [6, 6.07) is 12.0. The number of anilines is 2. The van der Waals surface area contributed by atoms with Gasteiger partial charge in [0.05, 0.1) is 17.9 Å². The summed E-state index contributed by atoms with van der Waals surface area (Å²) in [7, 11) is 0. The third-order valence-corrected chi connectivity index (χ3v) is 7.46. The molecule has 38 heavy (non-hydrogen) atoms. The summed E-state index contributed by atoms with van der Waals surface area (Å²) >= 11 is 6.58. The van der Waals surface area contributed by atoms with Crippen molar-refractivity contribution in [2.45, 2.75) is 37.6 Å². The van der Waals surface area contributed by atoms with Crippen LogP contribution in [-0.4, -0.2) is 45.5 Å². The molecule has 0 radical (unpaired) electrons. The Kier molecular flexibility index (Phi) is 5.50. The van der Waals surface area contributed by atoms with Crippen molar-refractivity contribution >= 4 is 34.8 Å². The van der Waals surface area contributed by atoms with Gasteiger partial charge in [0.25, 0.3) is 0 Å². The first kappa shape index (κ1) is 22.8. The third kappa shape index (κ3) is 4.34. The second-order valence-electron chi connectivity index (χ2n) is 9.72. The number of imidazole rings is 1. The molecule has 4 heterocycles. The van der Waals surface area contributed by atoms with Crippen LogP contribution in [0.15, 0.2) is 61.4 Å². The van der Waals surface area contributed by atoms with Gasteiger partial charge in [-0.25, -0.2) is 19.6 Å². The molecule has 12 heteroatoms. The highest BCUT2D eigenvalue weighted by Gasteiger charge is 2.45. The number of carbonyl (C=O) groups excluding carboxylic acids is 1.